The Kier molecular flexibility index (Phi) is 6.64. The molecule has 0 fully saturated rings. The molecule has 3 nitrogen and oxygen atoms in total. The fourth-order valence-corrected chi connectivity index (χ4v) is 4.24. The average molecular weight is 381 g/mol. The lowest BCUT2D eigenvalue weighted by Gasteiger charge is -2.13. The van der Waals surface area contributed by atoms with E-state index >= 15 is 0 Å². The number of hydrogen-bond donors (Lipinski definition) is 2. The molecule has 3 aromatic rings. The van der Waals surface area contributed by atoms with E-state index in [1.165, 1.54) is 15.3 Å². The Morgan fingerprint density at radius 1 is 1.15 bits per heavy atom. The van der Waals surface area contributed by atoms with Crippen molar-refractivity contribution in [1.29, 1.82) is 0 Å². The van der Waals surface area contributed by atoms with Crippen molar-refractivity contribution in [3.8, 4) is 10.4 Å². The van der Waals surface area contributed by atoms with E-state index < -0.39 is 0 Å². The smallest absolute Gasteiger partial charge is 0.251 e. The van der Waals surface area contributed by atoms with E-state index in [1.54, 1.807) is 11.3 Å². The number of rotatable bonds is 8. The average Bonchev–Trinajstić information content (AvgIpc) is 3.14. The van der Waals surface area contributed by atoms with Gasteiger partial charge in [0.25, 0.3) is 5.56 Å². The number of aromatic nitrogens is 1. The summed E-state index contributed by atoms with van der Waals surface area (Å²) in [4.78, 5) is 17.5. The van der Waals surface area contributed by atoms with Crippen molar-refractivity contribution in [3.05, 3.63) is 80.6 Å². The van der Waals surface area contributed by atoms with E-state index in [1.807, 2.05) is 19.9 Å². The van der Waals surface area contributed by atoms with Gasteiger partial charge in [0.15, 0.2) is 0 Å². The largest absolute Gasteiger partial charge is 0.326 e. The summed E-state index contributed by atoms with van der Waals surface area (Å²) in [7, 11) is 0. The van der Waals surface area contributed by atoms with E-state index in [9.17, 15) is 4.79 Å². The molecule has 3 rings (SSSR count). The predicted octanol–water partition coefficient (Wildman–Crippen LogP) is 5.09. The molecule has 0 amide bonds. The maximum absolute atomic E-state index is 11.9. The van der Waals surface area contributed by atoms with E-state index in [-0.39, 0.29) is 5.56 Å². The van der Waals surface area contributed by atoms with Gasteiger partial charge in [-0.1, -0.05) is 37.3 Å². The lowest BCUT2D eigenvalue weighted by Crippen LogP contribution is -2.25. The molecule has 0 radical (unpaired) electrons. The Labute approximate surface area is 165 Å². The van der Waals surface area contributed by atoms with Crippen molar-refractivity contribution in [1.82, 2.24) is 10.3 Å². The Hall–Kier alpha value is -2.17. The van der Waals surface area contributed by atoms with Crippen molar-refractivity contribution >= 4 is 11.3 Å². The first-order chi connectivity index (χ1) is 13.1. The fourth-order valence-electron chi connectivity index (χ4n) is 3.21. The van der Waals surface area contributed by atoms with Crippen molar-refractivity contribution in [2.45, 2.75) is 52.6 Å². The van der Waals surface area contributed by atoms with Crippen LogP contribution in [0.25, 0.3) is 10.4 Å². The zero-order chi connectivity index (χ0) is 19.2. The van der Waals surface area contributed by atoms with E-state index in [0.717, 1.165) is 42.6 Å². The highest BCUT2D eigenvalue weighted by atomic mass is 32.1. The number of aromatic amines is 1. The van der Waals surface area contributed by atoms with Gasteiger partial charge in [-0.15, -0.1) is 11.3 Å². The molecular weight excluding hydrogens is 352 g/mol. The Balaban J connectivity index is 1.59. The first-order valence-corrected chi connectivity index (χ1v) is 10.5. The maximum atomic E-state index is 11.9. The lowest BCUT2D eigenvalue weighted by molar-refractivity contribution is 0.517. The molecule has 4 heteroatoms. The van der Waals surface area contributed by atoms with Gasteiger partial charge in [0.1, 0.15) is 0 Å². The third-order valence-corrected chi connectivity index (χ3v) is 6.08. The van der Waals surface area contributed by atoms with Crippen LogP contribution in [-0.4, -0.2) is 11.0 Å². The molecule has 1 aromatic carbocycles. The second-order valence-electron chi connectivity index (χ2n) is 7.09. The van der Waals surface area contributed by atoms with Crippen molar-refractivity contribution in [3.63, 3.8) is 0 Å². The Bertz CT molecular complexity index is 927. The standard InChI is InChI=1S/C23H28N2OS/c1-4-19-14-21(17(3)25-23(19)26)22-13-12-20(27-22)15-24-16(2)10-11-18-8-6-5-7-9-18/h5-9,12-14,16,24H,4,10-11,15H2,1-3H3,(H,25,26). The predicted molar refractivity (Wildman–Crippen MR) is 116 cm³/mol. The quantitative estimate of drug-likeness (QED) is 0.572. The van der Waals surface area contributed by atoms with Gasteiger partial charge >= 0.3 is 0 Å². The number of thiophene rings is 1. The van der Waals surface area contributed by atoms with Gasteiger partial charge in [-0.3, -0.25) is 4.79 Å². The van der Waals surface area contributed by atoms with Crippen LogP contribution in [0.3, 0.4) is 0 Å². The third kappa shape index (κ3) is 5.18. The van der Waals surface area contributed by atoms with Gasteiger partial charge < -0.3 is 10.3 Å². The van der Waals surface area contributed by atoms with Crippen LogP contribution in [0.1, 0.15) is 42.0 Å². The highest BCUT2D eigenvalue weighted by Gasteiger charge is 2.10. The second kappa shape index (κ2) is 9.16. The van der Waals surface area contributed by atoms with Crippen molar-refractivity contribution < 1.29 is 0 Å². The molecule has 0 spiro atoms. The van der Waals surface area contributed by atoms with Crippen molar-refractivity contribution in [2.24, 2.45) is 0 Å². The summed E-state index contributed by atoms with van der Waals surface area (Å²) in [6, 6.07) is 17.5. The Morgan fingerprint density at radius 2 is 1.93 bits per heavy atom. The summed E-state index contributed by atoms with van der Waals surface area (Å²) in [5.41, 5.74) is 4.35. The molecule has 0 saturated carbocycles. The van der Waals surface area contributed by atoms with Crippen LogP contribution < -0.4 is 10.9 Å². The van der Waals surface area contributed by atoms with E-state index in [2.05, 4.69) is 59.7 Å². The van der Waals surface area contributed by atoms with Crippen LogP contribution in [0, 0.1) is 6.92 Å². The molecule has 1 atom stereocenters. The van der Waals surface area contributed by atoms with Crippen LogP contribution in [0.15, 0.2) is 53.3 Å². The highest BCUT2D eigenvalue weighted by Crippen LogP contribution is 2.30. The number of benzene rings is 1. The monoisotopic (exact) mass is 380 g/mol. The van der Waals surface area contributed by atoms with Gasteiger partial charge in [0.2, 0.25) is 0 Å². The lowest BCUT2D eigenvalue weighted by atomic mass is 10.1. The summed E-state index contributed by atoms with van der Waals surface area (Å²) in [5, 5.41) is 3.63. The molecule has 0 aliphatic heterocycles. The SMILES string of the molecule is CCc1cc(-c2ccc(CNC(C)CCc3ccccc3)s2)c(C)[nH]c1=O. The summed E-state index contributed by atoms with van der Waals surface area (Å²) in [6.07, 6.45) is 2.98. The van der Waals surface area contributed by atoms with Crippen LogP contribution in [0.2, 0.25) is 0 Å². The second-order valence-corrected chi connectivity index (χ2v) is 8.26. The van der Waals surface area contributed by atoms with Gasteiger partial charge in [-0.25, -0.2) is 0 Å². The molecule has 1 unspecified atom stereocenters. The van der Waals surface area contributed by atoms with E-state index in [4.69, 9.17) is 0 Å². The minimum absolute atomic E-state index is 0.0319. The molecule has 0 bridgehead atoms. The van der Waals surface area contributed by atoms with Gasteiger partial charge in [0.05, 0.1) is 0 Å². The fraction of sp³-hybridized carbons (Fsp3) is 0.348. The molecule has 142 valence electrons. The number of hydrogen-bond acceptors (Lipinski definition) is 3. The van der Waals surface area contributed by atoms with Gasteiger partial charge in [-0.05, 0) is 56.9 Å². The van der Waals surface area contributed by atoms with Gasteiger partial charge in [0, 0.05) is 39.2 Å². The normalized spacial score (nSPS) is 12.3. The molecule has 0 aliphatic carbocycles. The highest BCUT2D eigenvalue weighted by molar-refractivity contribution is 7.15. The first kappa shape index (κ1) is 19.6. The molecular formula is C23H28N2OS. The van der Waals surface area contributed by atoms with Crippen LogP contribution >= 0.6 is 11.3 Å². The molecule has 0 aliphatic rings. The number of nitrogens with one attached hydrogen (secondary N) is 2. The number of aryl methyl sites for hydroxylation is 3. The topological polar surface area (TPSA) is 44.9 Å². The van der Waals surface area contributed by atoms with Crippen LogP contribution in [0.5, 0.6) is 0 Å². The number of pyridine rings is 1. The molecule has 2 aromatic heterocycles. The Morgan fingerprint density at radius 3 is 2.67 bits per heavy atom. The first-order valence-electron chi connectivity index (χ1n) is 9.66. The summed E-state index contributed by atoms with van der Waals surface area (Å²) in [5.74, 6) is 0. The molecule has 0 saturated heterocycles. The minimum Gasteiger partial charge on any atom is -0.326 e. The van der Waals surface area contributed by atoms with Crippen molar-refractivity contribution in [2.75, 3.05) is 0 Å². The third-order valence-electron chi connectivity index (χ3n) is 4.96. The molecule has 2 heterocycles. The molecule has 27 heavy (non-hydrogen) atoms. The summed E-state index contributed by atoms with van der Waals surface area (Å²) < 4.78 is 0. The number of H-pyrrole nitrogens is 1. The van der Waals surface area contributed by atoms with Gasteiger partial charge in [-0.2, -0.15) is 0 Å². The minimum atomic E-state index is 0.0319. The maximum Gasteiger partial charge on any atom is 0.251 e. The summed E-state index contributed by atoms with van der Waals surface area (Å²) in [6.45, 7) is 7.12. The van der Waals surface area contributed by atoms with Crippen LogP contribution in [0.4, 0.5) is 0 Å². The molecule has 2 N–H and O–H groups in total. The summed E-state index contributed by atoms with van der Waals surface area (Å²) >= 11 is 1.80. The zero-order valence-electron chi connectivity index (χ0n) is 16.3. The van der Waals surface area contributed by atoms with Crippen LogP contribution in [-0.2, 0) is 19.4 Å². The van der Waals surface area contributed by atoms with E-state index in [0.29, 0.717) is 6.04 Å². The zero-order valence-corrected chi connectivity index (χ0v) is 17.2.